The fourth-order valence-electron chi connectivity index (χ4n) is 9.13. The average molecular weight is 815 g/mol. The van der Waals surface area contributed by atoms with Crippen molar-refractivity contribution in [3.63, 3.8) is 0 Å². The van der Waals surface area contributed by atoms with Crippen molar-refractivity contribution in [1.82, 2.24) is 14.7 Å². The van der Waals surface area contributed by atoms with Crippen molar-refractivity contribution < 1.29 is 28.8 Å². The maximum atomic E-state index is 13.6. The lowest BCUT2D eigenvalue weighted by molar-refractivity contribution is -0.152. The number of hydrogen-bond acceptors (Lipinski definition) is 6. The van der Waals surface area contributed by atoms with Crippen LogP contribution in [0.25, 0.3) is 11.1 Å². The Morgan fingerprint density at radius 2 is 0.787 bits per heavy atom. The molecule has 310 valence electrons. The minimum Gasteiger partial charge on any atom is -0.273 e. The number of barbiturate groups is 2. The predicted octanol–water partition coefficient (Wildman–Crippen LogP) is 9.23. The van der Waals surface area contributed by atoms with E-state index < -0.39 is 29.7 Å². The average Bonchev–Trinajstić information content (AvgIpc) is 4.04. The molecule has 2 heterocycles. The summed E-state index contributed by atoms with van der Waals surface area (Å²) in [5.41, 5.74) is 5.12. The fourth-order valence-corrected chi connectivity index (χ4v) is 9.13. The molecule has 5 aromatic carbocycles. The maximum absolute atomic E-state index is 13.6. The third kappa shape index (κ3) is 8.94. The summed E-state index contributed by atoms with van der Waals surface area (Å²) in [4.78, 5) is 85.2. The van der Waals surface area contributed by atoms with E-state index in [1.165, 1.54) is 14.7 Å². The number of nitrogens with zero attached hydrogens (tertiary/aromatic N) is 4. The van der Waals surface area contributed by atoms with Crippen molar-refractivity contribution in [3.8, 4) is 11.1 Å². The van der Waals surface area contributed by atoms with Crippen LogP contribution in [0.15, 0.2) is 146 Å². The molecule has 0 radical (unpaired) electrons. The van der Waals surface area contributed by atoms with Crippen LogP contribution in [0.4, 0.5) is 15.3 Å². The van der Waals surface area contributed by atoms with E-state index in [4.69, 9.17) is 0 Å². The highest BCUT2D eigenvalue weighted by molar-refractivity contribution is 6.27. The minimum absolute atomic E-state index is 0.0368. The van der Waals surface area contributed by atoms with E-state index in [9.17, 15) is 28.8 Å². The van der Waals surface area contributed by atoms with Gasteiger partial charge in [-0.15, -0.1) is 0 Å². The zero-order valence-electron chi connectivity index (χ0n) is 34.2. The topological polar surface area (TPSA) is 115 Å². The zero-order valence-corrected chi connectivity index (χ0v) is 34.2. The number of imide groups is 4. The smallest absolute Gasteiger partial charge is 0.273 e. The molecule has 1 unspecified atom stereocenters. The van der Waals surface area contributed by atoms with E-state index in [1.807, 2.05) is 133 Å². The van der Waals surface area contributed by atoms with Gasteiger partial charge >= 0.3 is 12.1 Å². The van der Waals surface area contributed by atoms with Gasteiger partial charge in [0, 0.05) is 12.1 Å². The molecule has 5 aromatic rings. The lowest BCUT2D eigenvalue weighted by Gasteiger charge is -2.42. The number of rotatable bonds is 10. The SMILES string of the molecule is O=C1C(Cc2ccccc2)C(=O)N(C2CCCC2)C(=O)N1C1CCCC1.O=C1C(Cc2ccccc2)C(=O)N(c2ccc(-c3ccccc3)cc2)C(=O)N1Cc1ccccc1. The van der Waals surface area contributed by atoms with Gasteiger partial charge in [0.05, 0.1) is 12.2 Å². The van der Waals surface area contributed by atoms with Crippen molar-refractivity contribution >= 4 is 41.4 Å². The first-order valence-corrected chi connectivity index (χ1v) is 21.4. The largest absolute Gasteiger partial charge is 0.338 e. The Morgan fingerprint density at radius 3 is 1.25 bits per heavy atom. The van der Waals surface area contributed by atoms with Gasteiger partial charge in [-0.3, -0.25) is 33.9 Å². The third-order valence-corrected chi connectivity index (χ3v) is 12.3. The number of benzene rings is 5. The van der Waals surface area contributed by atoms with Crippen LogP contribution in [-0.4, -0.2) is 62.5 Å². The Labute approximate surface area is 356 Å². The molecular weight excluding hydrogens is 765 g/mol. The van der Waals surface area contributed by atoms with Gasteiger partial charge in [-0.05, 0) is 78.5 Å². The molecule has 9 rings (SSSR count). The lowest BCUT2D eigenvalue weighted by atomic mass is 9.92. The molecule has 2 saturated heterocycles. The molecule has 0 N–H and O–H groups in total. The number of urea groups is 2. The fraction of sp³-hybridized carbons (Fsp3) is 0.294. The first-order valence-electron chi connectivity index (χ1n) is 21.4. The summed E-state index contributed by atoms with van der Waals surface area (Å²) in [7, 11) is 0. The normalized spacial score (nSPS) is 19.2. The number of hydrogen-bond donors (Lipinski definition) is 0. The van der Waals surface area contributed by atoms with Crippen LogP contribution < -0.4 is 4.90 Å². The number of carbonyl (C=O) groups excluding carboxylic acids is 6. The Kier molecular flexibility index (Phi) is 12.6. The van der Waals surface area contributed by atoms with Crippen LogP contribution in [0.1, 0.15) is 68.1 Å². The summed E-state index contributed by atoms with van der Waals surface area (Å²) in [6, 6.07) is 44.5. The number of carbonyl (C=O) groups is 6. The number of anilines is 1. The molecule has 1 atom stereocenters. The Bertz CT molecular complexity index is 2240. The molecule has 0 bridgehead atoms. The molecule has 61 heavy (non-hydrogen) atoms. The Balaban J connectivity index is 0.000000176. The molecule has 2 aliphatic carbocycles. The second kappa shape index (κ2) is 18.7. The van der Waals surface area contributed by atoms with E-state index >= 15 is 0 Å². The molecule has 4 fully saturated rings. The number of amides is 8. The zero-order chi connectivity index (χ0) is 42.3. The molecule has 2 aliphatic heterocycles. The van der Waals surface area contributed by atoms with Crippen molar-refractivity contribution in [3.05, 3.63) is 162 Å². The van der Waals surface area contributed by atoms with Crippen LogP contribution in [0, 0.1) is 11.8 Å². The predicted molar refractivity (Wildman–Crippen MR) is 233 cm³/mol. The van der Waals surface area contributed by atoms with Crippen molar-refractivity contribution in [2.24, 2.45) is 11.8 Å². The minimum atomic E-state index is -0.979. The molecule has 0 aromatic heterocycles. The molecule has 10 heteroatoms. The second-order valence-electron chi connectivity index (χ2n) is 16.3. The van der Waals surface area contributed by atoms with Crippen LogP contribution in [-0.2, 0) is 38.6 Å². The van der Waals surface area contributed by atoms with E-state index in [1.54, 1.807) is 12.1 Å². The van der Waals surface area contributed by atoms with Crippen LogP contribution >= 0.6 is 0 Å². The van der Waals surface area contributed by atoms with Gasteiger partial charge in [0.2, 0.25) is 23.6 Å². The van der Waals surface area contributed by atoms with Gasteiger partial charge in [0.1, 0.15) is 11.8 Å². The molecule has 8 amide bonds. The van der Waals surface area contributed by atoms with E-state index in [0.29, 0.717) is 12.1 Å². The highest BCUT2D eigenvalue weighted by atomic mass is 16.2. The summed E-state index contributed by atoms with van der Waals surface area (Å²) in [6.07, 6.45) is 8.23. The van der Waals surface area contributed by atoms with Crippen LogP contribution in [0.5, 0.6) is 0 Å². The van der Waals surface area contributed by atoms with E-state index in [-0.39, 0.29) is 42.9 Å². The third-order valence-electron chi connectivity index (χ3n) is 12.3. The summed E-state index contributed by atoms with van der Waals surface area (Å²) in [5.74, 6) is -3.29. The van der Waals surface area contributed by atoms with Crippen molar-refractivity contribution in [1.29, 1.82) is 0 Å². The van der Waals surface area contributed by atoms with Gasteiger partial charge in [-0.1, -0.05) is 159 Å². The molecule has 2 saturated carbocycles. The monoisotopic (exact) mass is 814 g/mol. The van der Waals surface area contributed by atoms with Gasteiger partial charge in [-0.25, -0.2) is 14.5 Å². The summed E-state index contributed by atoms with van der Waals surface area (Å²) in [6.45, 7) is 0.107. The van der Waals surface area contributed by atoms with Gasteiger partial charge in [0.25, 0.3) is 0 Å². The van der Waals surface area contributed by atoms with Crippen molar-refractivity contribution in [2.45, 2.75) is 82.8 Å². The quantitative estimate of drug-likeness (QED) is 0.130. The van der Waals surface area contributed by atoms with Gasteiger partial charge < -0.3 is 0 Å². The standard InChI is InChI=1S/C30H24N2O3.C21H26N2O3/c33-28-27(20-22-10-4-1-5-11-22)29(34)32(30(35)31(28)21-23-12-6-2-7-13-23)26-18-16-25(17-19-26)24-14-8-3-9-15-24;24-19-18(14-15-8-2-1-3-9-15)20(25)23(17-12-6-7-13-17)21(26)22(19)16-10-4-5-11-16/h1-19,27H,20-21H2;1-3,8-9,16-18H,4-7,10-14H2. The van der Waals surface area contributed by atoms with E-state index in [2.05, 4.69) is 0 Å². The Morgan fingerprint density at radius 1 is 0.393 bits per heavy atom. The summed E-state index contributed by atoms with van der Waals surface area (Å²) in [5, 5.41) is 0. The second-order valence-corrected chi connectivity index (χ2v) is 16.3. The highest BCUT2D eigenvalue weighted by Crippen LogP contribution is 2.35. The van der Waals surface area contributed by atoms with Crippen LogP contribution in [0.2, 0.25) is 0 Å². The van der Waals surface area contributed by atoms with Crippen molar-refractivity contribution in [2.75, 3.05) is 4.90 Å². The molecule has 4 aliphatic rings. The Hall–Kier alpha value is -6.68. The lowest BCUT2D eigenvalue weighted by Crippen LogP contribution is -2.64. The summed E-state index contributed by atoms with van der Waals surface area (Å²) >= 11 is 0. The molecule has 10 nitrogen and oxygen atoms in total. The molecule has 0 spiro atoms. The molecular formula is C51H50N4O6. The van der Waals surface area contributed by atoms with Gasteiger partial charge in [0.15, 0.2) is 0 Å². The van der Waals surface area contributed by atoms with Crippen LogP contribution in [0.3, 0.4) is 0 Å². The highest BCUT2D eigenvalue weighted by Gasteiger charge is 2.51. The first-order chi connectivity index (χ1) is 29.8. The van der Waals surface area contributed by atoms with E-state index in [0.717, 1.165) is 84.1 Å². The van der Waals surface area contributed by atoms with Gasteiger partial charge in [-0.2, -0.15) is 0 Å². The first kappa shape index (κ1) is 41.1. The summed E-state index contributed by atoms with van der Waals surface area (Å²) < 4.78 is 0. The maximum Gasteiger partial charge on any atom is 0.338 e.